The second kappa shape index (κ2) is 9.11. The van der Waals surface area contributed by atoms with Gasteiger partial charge in [-0.1, -0.05) is 68.8 Å². The van der Waals surface area contributed by atoms with E-state index in [4.69, 9.17) is 4.43 Å². The largest absolute Gasteiger partial charge is 0.396 e. The molecule has 1 aliphatic rings. The Bertz CT molecular complexity index is 1000. The van der Waals surface area contributed by atoms with E-state index < -0.39 is 19.3 Å². The minimum absolute atomic E-state index is 0.0193. The van der Waals surface area contributed by atoms with Crippen LogP contribution in [-0.2, 0) is 15.4 Å². The van der Waals surface area contributed by atoms with Gasteiger partial charge in [0.15, 0.2) is 19.3 Å². The molecule has 0 aromatic heterocycles. The predicted octanol–water partition coefficient (Wildman–Crippen LogP) is 6.26. The first-order valence-corrected chi connectivity index (χ1v) is 14.7. The molecule has 3 rings (SSSR count). The summed E-state index contributed by atoms with van der Waals surface area (Å²) in [4.78, 5) is 0.709. The standard InChI is InChI=1S/C25H32N2O2SSi/c1-19-12-14-22(15-13-19)30(28)27-18-21(17-26)23(20-10-8-7-9-11-20)16-24(27)29-31(5,6)25(2,3)4/h7-15,18,23-24H,16H2,1-6H3/t23-,24-,30+/m1/s1. The maximum Gasteiger partial charge on any atom is 0.194 e. The molecular weight excluding hydrogens is 420 g/mol. The first-order chi connectivity index (χ1) is 14.5. The molecular formula is C25H32N2O2SSi. The number of benzene rings is 2. The first-order valence-electron chi connectivity index (χ1n) is 10.6. The predicted molar refractivity (Wildman–Crippen MR) is 129 cm³/mol. The number of nitrogens with zero attached hydrogens (tertiary/aromatic N) is 2. The lowest BCUT2D eigenvalue weighted by molar-refractivity contribution is 0.0823. The Kier molecular flexibility index (Phi) is 6.90. The van der Waals surface area contributed by atoms with E-state index in [0.717, 1.165) is 11.1 Å². The smallest absolute Gasteiger partial charge is 0.194 e. The molecule has 0 radical (unpaired) electrons. The third kappa shape index (κ3) is 5.17. The van der Waals surface area contributed by atoms with E-state index in [-0.39, 0.29) is 17.2 Å². The maximum atomic E-state index is 13.6. The number of rotatable bonds is 5. The van der Waals surface area contributed by atoms with E-state index in [2.05, 4.69) is 39.9 Å². The normalized spacial score (nSPS) is 20.7. The van der Waals surface area contributed by atoms with Gasteiger partial charge in [0.1, 0.15) is 6.23 Å². The minimum atomic E-state index is -2.14. The summed E-state index contributed by atoms with van der Waals surface area (Å²) in [6, 6.07) is 20.1. The Morgan fingerprint density at radius 3 is 2.26 bits per heavy atom. The van der Waals surface area contributed by atoms with Gasteiger partial charge < -0.3 is 4.43 Å². The van der Waals surface area contributed by atoms with Gasteiger partial charge in [-0.25, -0.2) is 4.21 Å². The number of nitriles is 1. The molecule has 6 heteroatoms. The van der Waals surface area contributed by atoms with Crippen molar-refractivity contribution in [1.29, 1.82) is 5.26 Å². The Hall–Kier alpha value is -2.20. The van der Waals surface area contributed by atoms with E-state index in [0.29, 0.717) is 16.9 Å². The van der Waals surface area contributed by atoms with Crippen molar-refractivity contribution in [2.45, 2.75) is 69.3 Å². The van der Waals surface area contributed by atoms with Gasteiger partial charge in [-0.15, -0.1) is 0 Å². The summed E-state index contributed by atoms with van der Waals surface area (Å²) < 4.78 is 22.1. The van der Waals surface area contributed by atoms with Crippen molar-refractivity contribution in [3.05, 3.63) is 77.5 Å². The molecule has 1 aliphatic heterocycles. The van der Waals surface area contributed by atoms with Crippen molar-refractivity contribution >= 4 is 19.3 Å². The fourth-order valence-corrected chi connectivity index (χ4v) is 5.88. The van der Waals surface area contributed by atoms with Gasteiger partial charge >= 0.3 is 0 Å². The Balaban J connectivity index is 2.04. The van der Waals surface area contributed by atoms with Crippen LogP contribution in [0.15, 0.2) is 71.3 Å². The molecule has 3 atom stereocenters. The highest BCUT2D eigenvalue weighted by Crippen LogP contribution is 2.42. The molecule has 0 spiro atoms. The third-order valence-corrected chi connectivity index (χ3v) is 12.2. The van der Waals surface area contributed by atoms with E-state index in [1.54, 1.807) is 10.5 Å². The summed E-state index contributed by atoms with van der Waals surface area (Å²) in [6.07, 6.45) is 1.98. The summed E-state index contributed by atoms with van der Waals surface area (Å²) in [7, 11) is -3.60. The number of hydrogen-bond acceptors (Lipinski definition) is 3. The molecule has 4 nitrogen and oxygen atoms in total. The molecule has 1 heterocycles. The molecule has 0 unspecified atom stereocenters. The van der Waals surface area contributed by atoms with Crippen molar-refractivity contribution in [1.82, 2.24) is 4.31 Å². The summed E-state index contributed by atoms with van der Waals surface area (Å²) in [5, 5.41) is 9.92. The van der Waals surface area contributed by atoms with Crippen molar-refractivity contribution in [3.63, 3.8) is 0 Å². The molecule has 2 aromatic carbocycles. The van der Waals surface area contributed by atoms with Gasteiger partial charge in [-0.3, -0.25) is 4.31 Å². The molecule has 0 saturated carbocycles. The molecule has 0 saturated heterocycles. The average Bonchev–Trinajstić information content (AvgIpc) is 2.73. The van der Waals surface area contributed by atoms with Crippen LogP contribution in [0.4, 0.5) is 0 Å². The van der Waals surface area contributed by atoms with Gasteiger partial charge in [0.2, 0.25) is 0 Å². The highest BCUT2D eigenvalue weighted by molar-refractivity contribution is 7.82. The van der Waals surface area contributed by atoms with Crippen LogP contribution in [0.2, 0.25) is 18.1 Å². The fraction of sp³-hybridized carbons (Fsp3) is 0.400. The first kappa shape index (κ1) is 23.5. The molecule has 0 N–H and O–H groups in total. The quantitative estimate of drug-likeness (QED) is 0.503. The van der Waals surface area contributed by atoms with Crippen molar-refractivity contribution in [2.24, 2.45) is 0 Å². The van der Waals surface area contributed by atoms with Crippen molar-refractivity contribution in [3.8, 4) is 6.07 Å². The molecule has 31 heavy (non-hydrogen) atoms. The van der Waals surface area contributed by atoms with E-state index in [1.165, 1.54) is 0 Å². The zero-order valence-corrected chi connectivity index (χ0v) is 21.1. The van der Waals surface area contributed by atoms with Crippen molar-refractivity contribution < 1.29 is 8.63 Å². The lowest BCUT2D eigenvalue weighted by Gasteiger charge is -2.44. The molecule has 0 aliphatic carbocycles. The van der Waals surface area contributed by atoms with E-state index in [1.807, 2.05) is 61.5 Å². The number of allylic oxidation sites excluding steroid dienone is 1. The second-order valence-electron chi connectivity index (χ2n) is 9.65. The van der Waals surface area contributed by atoms with E-state index >= 15 is 0 Å². The lowest BCUT2D eigenvalue weighted by atomic mass is 9.87. The summed E-state index contributed by atoms with van der Waals surface area (Å²) in [5.41, 5.74) is 2.81. The molecule has 164 valence electrons. The Morgan fingerprint density at radius 2 is 1.71 bits per heavy atom. The van der Waals surface area contributed by atoms with Gasteiger partial charge in [0.25, 0.3) is 0 Å². The topological polar surface area (TPSA) is 53.3 Å². The zero-order chi connectivity index (χ0) is 22.8. The molecule has 0 amide bonds. The average molecular weight is 453 g/mol. The van der Waals surface area contributed by atoms with Crippen LogP contribution < -0.4 is 0 Å². The fourth-order valence-electron chi connectivity index (χ4n) is 3.40. The third-order valence-electron chi connectivity index (χ3n) is 6.34. The maximum absolute atomic E-state index is 13.6. The van der Waals surface area contributed by atoms with Crippen LogP contribution >= 0.6 is 0 Å². The van der Waals surface area contributed by atoms with Gasteiger partial charge in [-0.05, 0) is 42.8 Å². The summed E-state index contributed by atoms with van der Waals surface area (Å²) in [6.45, 7) is 13.0. The van der Waals surface area contributed by atoms with Crippen molar-refractivity contribution in [2.75, 3.05) is 0 Å². The zero-order valence-electron chi connectivity index (χ0n) is 19.3. The van der Waals surface area contributed by atoms with E-state index in [9.17, 15) is 9.47 Å². The monoisotopic (exact) mass is 452 g/mol. The summed E-state index contributed by atoms with van der Waals surface area (Å²) in [5.74, 6) is -0.0766. The highest BCUT2D eigenvalue weighted by atomic mass is 32.2. The Labute approximate surface area is 190 Å². The van der Waals surface area contributed by atoms with Gasteiger partial charge in [-0.2, -0.15) is 5.26 Å². The second-order valence-corrected chi connectivity index (χ2v) is 15.8. The number of aryl methyl sites for hydroxylation is 1. The van der Waals surface area contributed by atoms with Gasteiger partial charge in [0.05, 0.1) is 16.5 Å². The van der Waals surface area contributed by atoms with Crippen LogP contribution in [-0.4, -0.2) is 23.1 Å². The van der Waals surface area contributed by atoms with Crippen LogP contribution in [0.5, 0.6) is 0 Å². The SMILES string of the molecule is Cc1ccc([S@](=O)N2C=C(C#N)[C@@H](c3ccccc3)C[C@H]2O[Si](C)(C)C(C)(C)C)cc1. The Morgan fingerprint density at radius 1 is 1.10 bits per heavy atom. The minimum Gasteiger partial charge on any atom is -0.396 e. The molecule has 0 fully saturated rings. The summed E-state index contributed by atoms with van der Waals surface area (Å²) >= 11 is 0. The number of hydrogen-bond donors (Lipinski definition) is 0. The van der Waals surface area contributed by atoms with Gasteiger partial charge in [0, 0.05) is 18.5 Å². The van der Waals surface area contributed by atoms with Crippen LogP contribution in [0.25, 0.3) is 0 Å². The highest BCUT2D eigenvalue weighted by Gasteiger charge is 2.43. The lowest BCUT2D eigenvalue weighted by Crippen LogP contribution is -2.50. The van der Waals surface area contributed by atoms with Crippen LogP contribution in [0, 0.1) is 18.3 Å². The van der Waals surface area contributed by atoms with Crippen LogP contribution in [0.1, 0.15) is 44.2 Å². The molecule has 2 aromatic rings. The van der Waals surface area contributed by atoms with Crippen LogP contribution in [0.3, 0.4) is 0 Å². The molecule has 0 bridgehead atoms.